The first-order chi connectivity index (χ1) is 10.2. The number of ether oxygens (including phenoxy) is 1. The van der Waals surface area contributed by atoms with Crippen molar-refractivity contribution in [3.63, 3.8) is 0 Å². The van der Waals surface area contributed by atoms with Crippen molar-refractivity contribution < 1.29 is 4.74 Å². The third kappa shape index (κ3) is 4.51. The summed E-state index contributed by atoms with van der Waals surface area (Å²) in [5, 5.41) is 0. The van der Waals surface area contributed by atoms with E-state index in [-0.39, 0.29) is 6.04 Å². The van der Waals surface area contributed by atoms with Gasteiger partial charge in [0, 0.05) is 4.90 Å². The van der Waals surface area contributed by atoms with Gasteiger partial charge in [0.2, 0.25) is 0 Å². The highest BCUT2D eigenvalue weighted by molar-refractivity contribution is 7.99. The minimum absolute atomic E-state index is 0.0918. The Hall–Kier alpha value is -1.45. The molecule has 0 fully saturated rings. The number of benzene rings is 2. The van der Waals surface area contributed by atoms with Crippen LogP contribution in [0.15, 0.2) is 53.4 Å². The quantitative estimate of drug-likeness (QED) is 0.757. The number of rotatable bonds is 7. The number of thioether (sulfide) groups is 1. The largest absolute Gasteiger partial charge is 0.494 e. The van der Waals surface area contributed by atoms with Crippen molar-refractivity contribution in [2.45, 2.75) is 31.2 Å². The summed E-state index contributed by atoms with van der Waals surface area (Å²) in [6, 6.07) is 16.5. The molecule has 2 aromatic rings. The van der Waals surface area contributed by atoms with Gasteiger partial charge in [-0.25, -0.2) is 0 Å². The molecule has 0 aliphatic heterocycles. The van der Waals surface area contributed by atoms with Crippen LogP contribution in [0.4, 0.5) is 0 Å². The predicted molar refractivity (Wildman–Crippen MR) is 91.1 cm³/mol. The van der Waals surface area contributed by atoms with Gasteiger partial charge < -0.3 is 10.5 Å². The summed E-state index contributed by atoms with van der Waals surface area (Å²) < 4.78 is 5.59. The summed E-state index contributed by atoms with van der Waals surface area (Å²) in [4.78, 5) is 1.29. The molecular weight excluding hydrogens is 278 g/mol. The van der Waals surface area contributed by atoms with Crippen LogP contribution in [0.2, 0.25) is 0 Å². The van der Waals surface area contributed by atoms with E-state index in [1.807, 2.05) is 36.0 Å². The van der Waals surface area contributed by atoms with E-state index in [9.17, 15) is 0 Å². The van der Waals surface area contributed by atoms with Gasteiger partial charge in [0.15, 0.2) is 0 Å². The minimum Gasteiger partial charge on any atom is -0.494 e. The zero-order valence-corrected chi connectivity index (χ0v) is 13.5. The zero-order valence-electron chi connectivity index (χ0n) is 12.7. The highest BCUT2D eigenvalue weighted by Crippen LogP contribution is 2.25. The lowest BCUT2D eigenvalue weighted by atomic mass is 10.00. The van der Waals surface area contributed by atoms with Crippen LogP contribution in [0.3, 0.4) is 0 Å². The van der Waals surface area contributed by atoms with E-state index in [4.69, 9.17) is 10.5 Å². The van der Waals surface area contributed by atoms with Gasteiger partial charge in [0.25, 0.3) is 0 Å². The van der Waals surface area contributed by atoms with Crippen molar-refractivity contribution in [1.29, 1.82) is 0 Å². The summed E-state index contributed by atoms with van der Waals surface area (Å²) in [5.41, 5.74) is 8.59. The average Bonchev–Trinajstić information content (AvgIpc) is 2.54. The smallest absolute Gasteiger partial charge is 0.119 e. The molecule has 0 amide bonds. The van der Waals surface area contributed by atoms with E-state index in [1.165, 1.54) is 4.90 Å². The van der Waals surface area contributed by atoms with Crippen LogP contribution in [-0.4, -0.2) is 12.4 Å². The van der Waals surface area contributed by atoms with Crippen molar-refractivity contribution in [1.82, 2.24) is 0 Å². The van der Waals surface area contributed by atoms with Gasteiger partial charge in [-0.3, -0.25) is 0 Å². The third-order valence-corrected chi connectivity index (χ3v) is 4.16. The molecule has 0 saturated carbocycles. The molecule has 3 heteroatoms. The van der Waals surface area contributed by atoms with Crippen molar-refractivity contribution in [3.05, 3.63) is 59.7 Å². The van der Waals surface area contributed by atoms with Crippen LogP contribution < -0.4 is 10.5 Å². The van der Waals surface area contributed by atoms with Crippen LogP contribution in [0.5, 0.6) is 5.75 Å². The second-order valence-electron chi connectivity index (χ2n) is 4.90. The van der Waals surface area contributed by atoms with E-state index in [1.54, 1.807) is 0 Å². The Kier molecular flexibility index (Phi) is 6.15. The molecule has 0 aliphatic carbocycles. The molecule has 0 heterocycles. The molecular formula is C18H23NOS. The highest BCUT2D eigenvalue weighted by atomic mass is 32.2. The van der Waals surface area contributed by atoms with Crippen molar-refractivity contribution >= 4 is 11.8 Å². The summed E-state index contributed by atoms with van der Waals surface area (Å²) >= 11 is 1.84. The number of nitrogens with two attached hydrogens (primary N) is 1. The second kappa shape index (κ2) is 8.11. The van der Waals surface area contributed by atoms with E-state index >= 15 is 0 Å². The number of hydrogen-bond donors (Lipinski definition) is 1. The molecule has 112 valence electrons. The molecule has 0 aliphatic rings. The van der Waals surface area contributed by atoms with E-state index < -0.39 is 0 Å². The fraction of sp³-hybridized carbons (Fsp3) is 0.333. The Morgan fingerprint density at radius 2 is 1.52 bits per heavy atom. The first kappa shape index (κ1) is 15.9. The Labute approximate surface area is 131 Å². The predicted octanol–water partition coefficient (Wildman–Crippen LogP) is 4.64. The molecule has 2 nitrogen and oxygen atoms in total. The number of hydrogen-bond acceptors (Lipinski definition) is 3. The Morgan fingerprint density at radius 1 is 0.952 bits per heavy atom. The lowest BCUT2D eigenvalue weighted by Crippen LogP contribution is -2.11. The molecule has 0 radical (unpaired) electrons. The maximum atomic E-state index is 6.34. The Balaban J connectivity index is 2.06. The monoisotopic (exact) mass is 301 g/mol. The first-order valence-corrected chi connectivity index (χ1v) is 8.44. The summed E-state index contributed by atoms with van der Waals surface area (Å²) in [6.45, 7) is 5.01. The topological polar surface area (TPSA) is 35.2 Å². The van der Waals surface area contributed by atoms with Crippen LogP contribution in [0, 0.1) is 0 Å². The first-order valence-electron chi connectivity index (χ1n) is 7.45. The van der Waals surface area contributed by atoms with Crippen LogP contribution in [0.1, 0.15) is 37.4 Å². The Morgan fingerprint density at radius 3 is 2.05 bits per heavy atom. The summed E-state index contributed by atoms with van der Waals surface area (Å²) in [7, 11) is 0. The fourth-order valence-electron chi connectivity index (χ4n) is 2.12. The molecule has 0 bridgehead atoms. The molecule has 0 aromatic heterocycles. The van der Waals surface area contributed by atoms with Crippen molar-refractivity contribution in [2.75, 3.05) is 12.4 Å². The molecule has 1 unspecified atom stereocenters. The SMILES string of the molecule is CCCOc1ccc(C(N)c2ccc(SCC)cc2)cc1. The van der Waals surface area contributed by atoms with E-state index in [0.29, 0.717) is 0 Å². The molecule has 21 heavy (non-hydrogen) atoms. The standard InChI is InChI=1S/C18H23NOS/c1-3-13-20-16-9-5-14(6-10-16)18(19)15-7-11-17(12-8-15)21-4-2/h5-12,18H,3-4,13,19H2,1-2H3. The second-order valence-corrected chi connectivity index (χ2v) is 6.23. The van der Waals surface area contributed by atoms with Crippen LogP contribution >= 0.6 is 11.8 Å². The van der Waals surface area contributed by atoms with Gasteiger partial charge in [-0.15, -0.1) is 11.8 Å². The van der Waals surface area contributed by atoms with Gasteiger partial charge in [-0.05, 0) is 47.6 Å². The van der Waals surface area contributed by atoms with Gasteiger partial charge in [0.05, 0.1) is 12.6 Å². The van der Waals surface area contributed by atoms with Crippen LogP contribution in [0.25, 0.3) is 0 Å². The van der Waals surface area contributed by atoms with E-state index in [0.717, 1.165) is 35.7 Å². The van der Waals surface area contributed by atoms with Gasteiger partial charge in [-0.1, -0.05) is 38.1 Å². The highest BCUT2D eigenvalue weighted by Gasteiger charge is 2.09. The fourth-order valence-corrected chi connectivity index (χ4v) is 2.78. The summed E-state index contributed by atoms with van der Waals surface area (Å²) in [6.07, 6.45) is 1.02. The molecule has 0 saturated heterocycles. The maximum absolute atomic E-state index is 6.34. The lowest BCUT2D eigenvalue weighted by molar-refractivity contribution is 0.317. The lowest BCUT2D eigenvalue weighted by Gasteiger charge is -2.14. The molecule has 2 N–H and O–H groups in total. The zero-order chi connectivity index (χ0) is 15.1. The maximum Gasteiger partial charge on any atom is 0.119 e. The summed E-state index contributed by atoms with van der Waals surface area (Å²) in [5.74, 6) is 1.99. The Bertz CT molecular complexity index is 536. The van der Waals surface area contributed by atoms with Crippen LogP contribution in [-0.2, 0) is 0 Å². The third-order valence-electron chi connectivity index (χ3n) is 3.26. The normalized spacial score (nSPS) is 12.1. The minimum atomic E-state index is -0.0918. The van der Waals surface area contributed by atoms with Gasteiger partial charge in [0.1, 0.15) is 5.75 Å². The average molecular weight is 301 g/mol. The molecule has 1 atom stereocenters. The molecule has 0 spiro atoms. The molecule has 2 aromatic carbocycles. The van der Waals surface area contributed by atoms with E-state index in [2.05, 4.69) is 38.1 Å². The van der Waals surface area contributed by atoms with Gasteiger partial charge >= 0.3 is 0 Å². The van der Waals surface area contributed by atoms with Crippen molar-refractivity contribution in [2.24, 2.45) is 5.73 Å². The van der Waals surface area contributed by atoms with Gasteiger partial charge in [-0.2, -0.15) is 0 Å². The van der Waals surface area contributed by atoms with Crippen molar-refractivity contribution in [3.8, 4) is 5.75 Å². The molecule has 2 rings (SSSR count).